The summed E-state index contributed by atoms with van der Waals surface area (Å²) < 4.78 is 15.6. The molecule has 0 saturated carbocycles. The van der Waals surface area contributed by atoms with Gasteiger partial charge < -0.3 is 5.11 Å². The van der Waals surface area contributed by atoms with E-state index in [-0.39, 0.29) is 5.82 Å². The minimum Gasteiger partial charge on any atom is -0.384 e. The summed E-state index contributed by atoms with van der Waals surface area (Å²) in [5.41, 5.74) is 2.95. The van der Waals surface area contributed by atoms with Gasteiger partial charge in [0.15, 0.2) is 0 Å². The average Bonchev–Trinajstić information content (AvgIpc) is 3.26. The number of β-amino-alcohol motifs (C(OH)–C–C–N with tert-alkyl or cyclic N) is 1. The Hall–Kier alpha value is -2.50. The smallest absolute Gasteiger partial charge is 0.123 e. The molecule has 2 aromatic carbocycles. The molecule has 1 aliphatic heterocycles. The molecule has 1 fully saturated rings. The molecule has 0 aliphatic carbocycles. The second-order valence-corrected chi connectivity index (χ2v) is 7.03. The largest absolute Gasteiger partial charge is 0.384 e. The van der Waals surface area contributed by atoms with Crippen LogP contribution >= 0.6 is 0 Å². The molecule has 4 nitrogen and oxygen atoms in total. The zero-order valence-corrected chi connectivity index (χ0v) is 14.8. The Kier molecular flexibility index (Phi) is 4.34. The topological polar surface area (TPSA) is 41.3 Å². The number of halogens is 1. The van der Waals surface area contributed by atoms with Crippen LogP contribution in [0.1, 0.15) is 23.1 Å². The molecule has 3 aromatic rings. The number of rotatable bonds is 4. The molecule has 0 amide bonds. The predicted octanol–water partition coefficient (Wildman–Crippen LogP) is 3.41. The van der Waals surface area contributed by atoms with Crippen LogP contribution in [-0.2, 0) is 12.1 Å². The van der Waals surface area contributed by atoms with Crippen molar-refractivity contribution in [2.24, 2.45) is 0 Å². The van der Waals surface area contributed by atoms with Crippen LogP contribution in [0.3, 0.4) is 0 Å². The highest BCUT2D eigenvalue weighted by molar-refractivity contribution is 5.41. The maximum absolute atomic E-state index is 13.8. The number of aromatic nitrogens is 2. The summed E-state index contributed by atoms with van der Waals surface area (Å²) in [4.78, 5) is 2.17. The highest BCUT2D eigenvalue weighted by Crippen LogP contribution is 2.34. The lowest BCUT2D eigenvalue weighted by molar-refractivity contribution is 0.0447. The molecule has 1 saturated heterocycles. The molecule has 0 bridgehead atoms. The highest BCUT2D eigenvalue weighted by atomic mass is 19.1. The van der Waals surface area contributed by atoms with Crippen molar-refractivity contribution in [2.75, 3.05) is 13.1 Å². The van der Waals surface area contributed by atoms with Gasteiger partial charge in [-0.3, -0.25) is 4.90 Å². The van der Waals surface area contributed by atoms with Gasteiger partial charge in [0.1, 0.15) is 11.4 Å². The maximum atomic E-state index is 13.8. The van der Waals surface area contributed by atoms with Gasteiger partial charge in [-0.05, 0) is 54.3 Å². The third kappa shape index (κ3) is 3.16. The van der Waals surface area contributed by atoms with Crippen molar-refractivity contribution in [2.45, 2.75) is 25.5 Å². The lowest BCUT2D eigenvalue weighted by atomic mass is 9.89. The Balaban J connectivity index is 1.58. The number of hydrogen-bond donors (Lipinski definition) is 1. The predicted molar refractivity (Wildman–Crippen MR) is 98.5 cm³/mol. The Bertz CT molecular complexity index is 909. The minimum absolute atomic E-state index is 0.260. The summed E-state index contributed by atoms with van der Waals surface area (Å²) in [5, 5.41) is 15.4. The second kappa shape index (κ2) is 6.67. The number of aliphatic hydroxyl groups is 1. The van der Waals surface area contributed by atoms with Crippen LogP contribution in [0.4, 0.5) is 4.39 Å². The van der Waals surface area contributed by atoms with Crippen molar-refractivity contribution in [3.8, 4) is 5.69 Å². The molecule has 26 heavy (non-hydrogen) atoms. The van der Waals surface area contributed by atoms with Gasteiger partial charge in [0.25, 0.3) is 0 Å². The number of hydrogen-bond acceptors (Lipinski definition) is 3. The van der Waals surface area contributed by atoms with E-state index >= 15 is 0 Å². The van der Waals surface area contributed by atoms with Crippen LogP contribution in [0.2, 0.25) is 0 Å². The molecular weight excluding hydrogens is 329 g/mol. The fourth-order valence-electron chi connectivity index (χ4n) is 3.88. The quantitative estimate of drug-likeness (QED) is 0.783. The summed E-state index contributed by atoms with van der Waals surface area (Å²) in [6, 6.07) is 14.6. The summed E-state index contributed by atoms with van der Waals surface area (Å²) in [6.07, 6.45) is 4.23. The number of benzene rings is 2. The molecular formula is C21H22FN3O. The van der Waals surface area contributed by atoms with Gasteiger partial charge in [0, 0.05) is 32.0 Å². The van der Waals surface area contributed by atoms with Crippen LogP contribution < -0.4 is 0 Å². The van der Waals surface area contributed by atoms with Gasteiger partial charge in [-0.1, -0.05) is 24.3 Å². The van der Waals surface area contributed by atoms with Crippen LogP contribution in [-0.4, -0.2) is 32.9 Å². The van der Waals surface area contributed by atoms with Crippen molar-refractivity contribution in [1.29, 1.82) is 0 Å². The van der Waals surface area contributed by atoms with E-state index < -0.39 is 5.60 Å². The molecule has 5 heteroatoms. The summed E-state index contributed by atoms with van der Waals surface area (Å²) in [6.45, 7) is 3.90. The van der Waals surface area contributed by atoms with Gasteiger partial charge in [0.2, 0.25) is 0 Å². The average molecular weight is 351 g/mol. The van der Waals surface area contributed by atoms with Crippen molar-refractivity contribution in [3.63, 3.8) is 0 Å². The zero-order valence-electron chi connectivity index (χ0n) is 14.8. The first-order chi connectivity index (χ1) is 12.5. The number of likely N-dealkylation sites (tertiary alicyclic amines) is 1. The Labute approximate surface area is 152 Å². The van der Waals surface area contributed by atoms with E-state index in [9.17, 15) is 9.50 Å². The first-order valence-electron chi connectivity index (χ1n) is 8.84. The molecule has 4 rings (SSSR count). The van der Waals surface area contributed by atoms with Crippen molar-refractivity contribution in [1.82, 2.24) is 14.7 Å². The zero-order chi connectivity index (χ0) is 18.1. The van der Waals surface area contributed by atoms with E-state index in [0.717, 1.165) is 28.9 Å². The van der Waals surface area contributed by atoms with E-state index in [0.29, 0.717) is 19.5 Å². The normalized spacial score (nSPS) is 20.6. The maximum Gasteiger partial charge on any atom is 0.123 e. The van der Waals surface area contributed by atoms with Gasteiger partial charge >= 0.3 is 0 Å². The fourth-order valence-corrected chi connectivity index (χ4v) is 3.88. The van der Waals surface area contributed by atoms with Crippen molar-refractivity contribution >= 4 is 0 Å². The first-order valence-corrected chi connectivity index (χ1v) is 8.84. The molecule has 2 heterocycles. The second-order valence-electron chi connectivity index (χ2n) is 7.03. The lowest BCUT2D eigenvalue weighted by Gasteiger charge is -2.26. The molecule has 0 radical (unpaired) electrons. The van der Waals surface area contributed by atoms with E-state index in [1.807, 2.05) is 43.5 Å². The summed E-state index contributed by atoms with van der Waals surface area (Å²) in [7, 11) is 0. The minimum atomic E-state index is -0.857. The third-order valence-corrected chi connectivity index (χ3v) is 5.16. The summed E-state index contributed by atoms with van der Waals surface area (Å²) >= 11 is 0. The fraction of sp³-hybridized carbons (Fsp3) is 0.286. The van der Waals surface area contributed by atoms with Crippen molar-refractivity contribution in [3.05, 3.63) is 83.4 Å². The molecule has 134 valence electrons. The van der Waals surface area contributed by atoms with Gasteiger partial charge in [-0.2, -0.15) is 5.10 Å². The molecule has 1 unspecified atom stereocenters. The molecule has 0 spiro atoms. The third-order valence-electron chi connectivity index (χ3n) is 5.16. The van der Waals surface area contributed by atoms with Crippen LogP contribution in [0.25, 0.3) is 5.69 Å². The van der Waals surface area contributed by atoms with Gasteiger partial charge in [-0.15, -0.1) is 0 Å². The SMILES string of the molecule is Cc1ccccc1C1(O)CCN(Cc2cc(F)ccc2-n2cccn2)C1. The highest BCUT2D eigenvalue weighted by Gasteiger charge is 2.38. The number of aryl methyl sites for hydroxylation is 1. The molecule has 1 aromatic heterocycles. The van der Waals surface area contributed by atoms with Crippen LogP contribution in [0, 0.1) is 12.7 Å². The Morgan fingerprint density at radius 3 is 2.81 bits per heavy atom. The first kappa shape index (κ1) is 16.9. The lowest BCUT2D eigenvalue weighted by Crippen LogP contribution is -2.31. The van der Waals surface area contributed by atoms with Crippen molar-refractivity contribution < 1.29 is 9.50 Å². The Morgan fingerprint density at radius 2 is 2.04 bits per heavy atom. The molecule has 1 aliphatic rings. The van der Waals surface area contributed by atoms with Gasteiger partial charge in [0.05, 0.1) is 5.69 Å². The molecule has 1 N–H and O–H groups in total. The Morgan fingerprint density at radius 1 is 1.19 bits per heavy atom. The van der Waals surface area contributed by atoms with Crippen LogP contribution in [0.5, 0.6) is 0 Å². The van der Waals surface area contributed by atoms with Crippen LogP contribution in [0.15, 0.2) is 60.9 Å². The molecule has 1 atom stereocenters. The standard InChI is InChI=1S/C21H22FN3O/c1-16-5-2-3-6-19(16)21(26)9-12-24(15-21)14-17-13-18(22)7-8-20(17)25-11-4-10-23-25/h2-8,10-11,13,26H,9,12,14-15H2,1H3. The van der Waals surface area contributed by atoms with Gasteiger partial charge in [-0.25, -0.2) is 9.07 Å². The van der Waals surface area contributed by atoms with E-state index in [1.54, 1.807) is 23.0 Å². The van der Waals surface area contributed by atoms with E-state index in [2.05, 4.69) is 10.00 Å². The van der Waals surface area contributed by atoms with E-state index in [4.69, 9.17) is 0 Å². The number of nitrogens with zero attached hydrogens (tertiary/aromatic N) is 3. The van der Waals surface area contributed by atoms with E-state index in [1.165, 1.54) is 6.07 Å². The summed E-state index contributed by atoms with van der Waals surface area (Å²) in [5.74, 6) is -0.260. The monoisotopic (exact) mass is 351 g/mol.